The van der Waals surface area contributed by atoms with Crippen molar-refractivity contribution in [1.82, 2.24) is 4.90 Å². The van der Waals surface area contributed by atoms with Crippen molar-refractivity contribution in [3.63, 3.8) is 0 Å². The van der Waals surface area contributed by atoms with Gasteiger partial charge in [-0.3, -0.25) is 4.79 Å². The summed E-state index contributed by atoms with van der Waals surface area (Å²) >= 11 is 5.89. The Balaban J connectivity index is 2.00. The van der Waals surface area contributed by atoms with Crippen molar-refractivity contribution in [3.05, 3.63) is 22.7 Å². The maximum atomic E-state index is 12.2. The summed E-state index contributed by atoms with van der Waals surface area (Å²) in [7, 11) is -0.262. The molecule has 1 atom stereocenters. The first-order chi connectivity index (χ1) is 11.6. The minimum absolute atomic E-state index is 0.0422. The van der Waals surface area contributed by atoms with Crippen LogP contribution in [0, 0.1) is 0 Å². The number of sulfone groups is 1. The Morgan fingerprint density at radius 2 is 2.08 bits per heavy atom. The molecule has 8 nitrogen and oxygen atoms in total. The molecule has 10 heteroatoms. The van der Waals surface area contributed by atoms with Crippen LogP contribution in [0.3, 0.4) is 0 Å². The fourth-order valence-corrected chi connectivity index (χ4v) is 4.43. The van der Waals surface area contributed by atoms with Crippen LogP contribution in [0.1, 0.15) is 16.8 Å². The van der Waals surface area contributed by atoms with Gasteiger partial charge < -0.3 is 20.1 Å². The Kier molecular flexibility index (Phi) is 5.79. The molecule has 1 aromatic rings. The number of hydrogen-bond acceptors (Lipinski definition) is 7. The fraction of sp³-hybridized carbons (Fsp3) is 0.467. The van der Waals surface area contributed by atoms with Crippen molar-refractivity contribution in [3.8, 4) is 5.75 Å². The molecule has 2 N–H and O–H groups in total. The molecule has 0 aliphatic carbocycles. The summed E-state index contributed by atoms with van der Waals surface area (Å²) in [4.78, 5) is 25.6. The average Bonchev–Trinajstić information content (AvgIpc) is 2.93. The predicted molar refractivity (Wildman–Crippen MR) is 92.5 cm³/mol. The highest BCUT2D eigenvalue weighted by Gasteiger charge is 2.33. The number of ether oxygens (including phenoxy) is 2. The number of nitrogens with zero attached hydrogens (tertiary/aromatic N) is 1. The van der Waals surface area contributed by atoms with Gasteiger partial charge in [-0.15, -0.1) is 0 Å². The molecule has 2 rings (SSSR count). The molecule has 138 valence electrons. The fourth-order valence-electron chi connectivity index (χ4n) is 2.49. The van der Waals surface area contributed by atoms with E-state index in [9.17, 15) is 18.0 Å². The number of esters is 1. The van der Waals surface area contributed by atoms with Gasteiger partial charge in [-0.2, -0.15) is 0 Å². The highest BCUT2D eigenvalue weighted by Crippen LogP contribution is 2.29. The van der Waals surface area contributed by atoms with Crippen molar-refractivity contribution in [2.45, 2.75) is 12.5 Å². The number of carbonyl (C=O) groups excluding carboxylic acids is 2. The molecular weight excluding hydrogens is 372 g/mol. The quantitative estimate of drug-likeness (QED) is 0.582. The minimum Gasteiger partial charge on any atom is -0.496 e. The molecule has 1 amide bonds. The predicted octanol–water partition coefficient (Wildman–Crippen LogP) is 0.733. The normalized spacial score (nSPS) is 18.6. The maximum absolute atomic E-state index is 12.2. The molecular formula is C15H19ClN2O6S. The van der Waals surface area contributed by atoms with E-state index in [0.29, 0.717) is 6.42 Å². The van der Waals surface area contributed by atoms with Crippen molar-refractivity contribution < 1.29 is 27.5 Å². The molecule has 1 unspecified atom stereocenters. The minimum atomic E-state index is -3.11. The Bertz CT molecular complexity index is 795. The summed E-state index contributed by atoms with van der Waals surface area (Å²) in [5.74, 6) is -1.13. The number of nitrogens with two attached hydrogens (primary N) is 1. The molecule has 1 saturated heterocycles. The Labute approximate surface area is 150 Å². The van der Waals surface area contributed by atoms with E-state index in [1.54, 1.807) is 0 Å². The number of anilines is 1. The standard InChI is InChI=1S/C15H19ClN2O6S/c1-18(9-3-4-25(21,22)8-9)14(19)7-24-15(20)10-5-11(16)12(17)6-13(10)23-2/h5-6,9H,3-4,7-8,17H2,1-2H3. The van der Waals surface area contributed by atoms with Crippen molar-refractivity contribution in [2.24, 2.45) is 0 Å². The van der Waals surface area contributed by atoms with E-state index in [1.807, 2.05) is 0 Å². The second kappa shape index (κ2) is 7.49. The van der Waals surface area contributed by atoms with Crippen molar-refractivity contribution >= 4 is 39.0 Å². The van der Waals surface area contributed by atoms with Crippen LogP contribution in [0.5, 0.6) is 5.75 Å². The molecule has 1 aliphatic rings. The molecule has 1 heterocycles. The molecule has 1 aromatic carbocycles. The number of rotatable bonds is 5. The molecule has 0 saturated carbocycles. The lowest BCUT2D eigenvalue weighted by Crippen LogP contribution is -2.40. The number of carbonyl (C=O) groups is 2. The topological polar surface area (TPSA) is 116 Å². The van der Waals surface area contributed by atoms with Gasteiger partial charge >= 0.3 is 5.97 Å². The molecule has 1 fully saturated rings. The summed E-state index contributed by atoms with van der Waals surface area (Å²) in [5.41, 5.74) is 5.93. The third-order valence-electron chi connectivity index (χ3n) is 4.01. The lowest BCUT2D eigenvalue weighted by molar-refractivity contribution is -0.134. The van der Waals surface area contributed by atoms with Crippen LogP contribution in [0.4, 0.5) is 5.69 Å². The molecule has 25 heavy (non-hydrogen) atoms. The summed E-state index contributed by atoms with van der Waals surface area (Å²) in [6.07, 6.45) is 0.375. The highest BCUT2D eigenvalue weighted by atomic mass is 35.5. The first kappa shape index (κ1) is 19.3. The lowest BCUT2D eigenvalue weighted by atomic mass is 10.2. The third kappa shape index (κ3) is 4.55. The van der Waals surface area contributed by atoms with E-state index < -0.39 is 34.4 Å². The van der Waals surface area contributed by atoms with Gasteiger partial charge in [0.1, 0.15) is 11.3 Å². The Hall–Kier alpha value is -2.00. The summed E-state index contributed by atoms with van der Waals surface area (Å²) in [5, 5.41) is 0.160. The van der Waals surface area contributed by atoms with Crippen molar-refractivity contribution in [1.29, 1.82) is 0 Å². The molecule has 0 spiro atoms. The second-order valence-electron chi connectivity index (χ2n) is 5.71. The van der Waals surface area contributed by atoms with E-state index >= 15 is 0 Å². The van der Waals surface area contributed by atoms with Crippen LogP contribution in [-0.4, -0.2) is 63.5 Å². The number of methoxy groups -OCH3 is 1. The zero-order chi connectivity index (χ0) is 18.8. The SMILES string of the molecule is COc1cc(N)c(Cl)cc1C(=O)OCC(=O)N(C)C1CCS(=O)(=O)C1. The van der Waals surface area contributed by atoms with Crippen LogP contribution in [0.15, 0.2) is 12.1 Å². The number of halogens is 1. The monoisotopic (exact) mass is 390 g/mol. The zero-order valence-electron chi connectivity index (χ0n) is 13.8. The summed E-state index contributed by atoms with van der Waals surface area (Å²) < 4.78 is 33.0. The number of likely N-dealkylation sites (N-methyl/N-ethyl adjacent to an activating group) is 1. The number of amides is 1. The van der Waals surface area contributed by atoms with Gasteiger partial charge in [0.15, 0.2) is 16.4 Å². The van der Waals surface area contributed by atoms with E-state index in [0.717, 1.165) is 0 Å². The summed E-state index contributed by atoms with van der Waals surface area (Å²) in [6.45, 7) is -0.517. The smallest absolute Gasteiger partial charge is 0.342 e. The Morgan fingerprint density at radius 3 is 2.64 bits per heavy atom. The first-order valence-electron chi connectivity index (χ1n) is 7.41. The number of nitrogen functional groups attached to an aromatic ring is 1. The van der Waals surface area contributed by atoms with E-state index in [-0.39, 0.29) is 33.5 Å². The van der Waals surface area contributed by atoms with E-state index in [2.05, 4.69) is 0 Å². The average molecular weight is 391 g/mol. The maximum Gasteiger partial charge on any atom is 0.342 e. The Morgan fingerprint density at radius 1 is 1.40 bits per heavy atom. The van der Waals surface area contributed by atoms with Crippen LogP contribution >= 0.6 is 11.6 Å². The van der Waals surface area contributed by atoms with Gasteiger partial charge in [0.05, 0.1) is 29.3 Å². The van der Waals surface area contributed by atoms with Crippen LogP contribution in [0.2, 0.25) is 5.02 Å². The van der Waals surface area contributed by atoms with E-state index in [1.165, 1.54) is 31.2 Å². The number of hydrogen-bond donors (Lipinski definition) is 1. The second-order valence-corrected chi connectivity index (χ2v) is 8.35. The highest BCUT2D eigenvalue weighted by molar-refractivity contribution is 7.91. The largest absolute Gasteiger partial charge is 0.496 e. The van der Waals surface area contributed by atoms with Gasteiger partial charge in [0, 0.05) is 19.2 Å². The first-order valence-corrected chi connectivity index (χ1v) is 9.60. The molecule has 0 radical (unpaired) electrons. The van der Waals surface area contributed by atoms with E-state index in [4.69, 9.17) is 26.8 Å². The molecule has 1 aliphatic heterocycles. The van der Waals surface area contributed by atoms with Gasteiger partial charge in [-0.05, 0) is 12.5 Å². The van der Waals surface area contributed by atoms with Crippen molar-refractivity contribution in [2.75, 3.05) is 38.0 Å². The summed E-state index contributed by atoms with van der Waals surface area (Å²) in [6, 6.07) is 2.28. The van der Waals surface area contributed by atoms with Gasteiger partial charge in [0.2, 0.25) is 0 Å². The van der Waals surface area contributed by atoms with Gasteiger partial charge in [-0.25, -0.2) is 13.2 Å². The van der Waals surface area contributed by atoms with Crippen LogP contribution in [0.25, 0.3) is 0 Å². The molecule has 0 bridgehead atoms. The van der Waals surface area contributed by atoms with Gasteiger partial charge in [-0.1, -0.05) is 11.6 Å². The zero-order valence-corrected chi connectivity index (χ0v) is 15.4. The van der Waals surface area contributed by atoms with Crippen LogP contribution in [-0.2, 0) is 19.4 Å². The third-order valence-corrected chi connectivity index (χ3v) is 6.09. The lowest BCUT2D eigenvalue weighted by Gasteiger charge is -2.23. The van der Waals surface area contributed by atoms with Gasteiger partial charge in [0.25, 0.3) is 5.91 Å². The number of benzene rings is 1. The van der Waals surface area contributed by atoms with Crippen LogP contribution < -0.4 is 10.5 Å². The molecule has 0 aromatic heterocycles.